The molecule has 27 heavy (non-hydrogen) atoms. The SMILES string of the molecule is COc1cc(N)c(Cl)cc1C(=O)OCC(=O)c1c(N)n(C)c(=O)n(C)c1=O. The Bertz CT molecular complexity index is 1060. The number of halogens is 1. The molecular weight excluding hydrogens is 380 g/mol. The fourth-order valence-corrected chi connectivity index (χ4v) is 2.46. The third kappa shape index (κ3) is 3.65. The lowest BCUT2D eigenvalue weighted by molar-refractivity contribution is 0.0471. The van der Waals surface area contributed by atoms with Crippen LogP contribution in [-0.2, 0) is 18.8 Å². The largest absolute Gasteiger partial charge is 0.496 e. The number of Topliss-reactive ketones (excluding diaryl/α,β-unsaturated/α-hetero) is 1. The summed E-state index contributed by atoms with van der Waals surface area (Å²) >= 11 is 5.89. The number of nitrogens with two attached hydrogens (primary N) is 2. The van der Waals surface area contributed by atoms with E-state index in [9.17, 15) is 19.2 Å². The van der Waals surface area contributed by atoms with Crippen molar-refractivity contribution in [3.8, 4) is 5.75 Å². The first-order valence-corrected chi connectivity index (χ1v) is 7.86. The van der Waals surface area contributed by atoms with Gasteiger partial charge in [-0.05, 0) is 6.07 Å². The summed E-state index contributed by atoms with van der Waals surface area (Å²) in [6, 6.07) is 2.57. The zero-order valence-electron chi connectivity index (χ0n) is 14.7. The van der Waals surface area contributed by atoms with E-state index in [0.29, 0.717) is 0 Å². The van der Waals surface area contributed by atoms with E-state index in [1.165, 1.54) is 33.3 Å². The van der Waals surface area contributed by atoms with Crippen molar-refractivity contribution >= 4 is 34.9 Å². The van der Waals surface area contributed by atoms with Gasteiger partial charge in [-0.15, -0.1) is 0 Å². The second-order valence-corrected chi connectivity index (χ2v) is 5.95. The number of hydrogen-bond acceptors (Lipinski definition) is 8. The smallest absolute Gasteiger partial charge is 0.342 e. The molecule has 0 atom stereocenters. The molecule has 0 saturated carbocycles. The average molecular weight is 397 g/mol. The summed E-state index contributed by atoms with van der Waals surface area (Å²) in [4.78, 5) is 48.5. The van der Waals surface area contributed by atoms with E-state index in [4.69, 9.17) is 32.5 Å². The molecule has 1 heterocycles. The van der Waals surface area contributed by atoms with Crippen LogP contribution in [0.2, 0.25) is 5.02 Å². The summed E-state index contributed by atoms with van der Waals surface area (Å²) < 4.78 is 11.7. The van der Waals surface area contributed by atoms with Gasteiger partial charge >= 0.3 is 11.7 Å². The van der Waals surface area contributed by atoms with Crippen LogP contribution >= 0.6 is 11.6 Å². The molecule has 4 N–H and O–H groups in total. The molecule has 1 aromatic carbocycles. The second kappa shape index (κ2) is 7.54. The normalized spacial score (nSPS) is 10.5. The van der Waals surface area contributed by atoms with Crippen molar-refractivity contribution in [2.45, 2.75) is 0 Å². The quantitative estimate of drug-likeness (QED) is 0.406. The Morgan fingerprint density at radius 2 is 1.78 bits per heavy atom. The van der Waals surface area contributed by atoms with Gasteiger partial charge in [0.05, 0.1) is 17.8 Å². The van der Waals surface area contributed by atoms with E-state index >= 15 is 0 Å². The van der Waals surface area contributed by atoms with Crippen molar-refractivity contribution in [2.24, 2.45) is 14.1 Å². The summed E-state index contributed by atoms with van der Waals surface area (Å²) in [7, 11) is 3.83. The van der Waals surface area contributed by atoms with Crippen LogP contribution in [0.25, 0.3) is 0 Å². The Morgan fingerprint density at radius 1 is 1.15 bits per heavy atom. The topological polar surface area (TPSA) is 149 Å². The number of aromatic nitrogens is 2. The number of hydrogen-bond donors (Lipinski definition) is 2. The number of nitrogens with zero attached hydrogens (tertiary/aromatic N) is 2. The molecule has 0 amide bonds. The van der Waals surface area contributed by atoms with E-state index < -0.39 is 35.2 Å². The van der Waals surface area contributed by atoms with Gasteiger partial charge in [-0.1, -0.05) is 11.6 Å². The molecule has 0 fully saturated rings. The molecule has 0 spiro atoms. The minimum absolute atomic E-state index is 0.0502. The van der Waals surface area contributed by atoms with Crippen LogP contribution in [0.1, 0.15) is 20.7 Å². The minimum Gasteiger partial charge on any atom is -0.496 e. The van der Waals surface area contributed by atoms with Crippen LogP contribution in [0.3, 0.4) is 0 Å². The third-order valence-electron chi connectivity index (χ3n) is 3.86. The number of ketones is 1. The highest BCUT2D eigenvalue weighted by molar-refractivity contribution is 6.33. The van der Waals surface area contributed by atoms with Crippen LogP contribution in [0.15, 0.2) is 21.7 Å². The molecule has 0 aliphatic carbocycles. The fraction of sp³-hybridized carbons (Fsp3) is 0.250. The Kier molecular flexibility index (Phi) is 5.60. The first-order valence-electron chi connectivity index (χ1n) is 7.49. The van der Waals surface area contributed by atoms with E-state index in [2.05, 4.69) is 0 Å². The van der Waals surface area contributed by atoms with Crippen LogP contribution in [-0.4, -0.2) is 34.6 Å². The van der Waals surface area contributed by atoms with E-state index in [1.54, 1.807) is 0 Å². The maximum absolute atomic E-state index is 12.4. The Labute approximate surface area is 157 Å². The van der Waals surface area contributed by atoms with Gasteiger partial charge in [0.1, 0.15) is 22.7 Å². The highest BCUT2D eigenvalue weighted by Crippen LogP contribution is 2.29. The number of nitrogen functional groups attached to an aromatic ring is 2. The standard InChI is InChI=1S/C16H17ClN4O6/c1-20-13(19)12(14(23)21(2)16(20)25)10(22)6-27-15(24)7-4-8(17)9(18)5-11(7)26-3/h4-5H,6,18-19H2,1-3H3. The summed E-state index contributed by atoms with van der Waals surface area (Å²) in [5.74, 6) is -2.00. The number of carbonyl (C=O) groups is 2. The van der Waals surface area contributed by atoms with Gasteiger partial charge in [0, 0.05) is 20.2 Å². The fourth-order valence-electron chi connectivity index (χ4n) is 2.30. The lowest BCUT2D eigenvalue weighted by Gasteiger charge is -2.12. The molecule has 11 heteroatoms. The van der Waals surface area contributed by atoms with Gasteiger partial charge in [0.15, 0.2) is 6.61 Å². The number of esters is 1. The van der Waals surface area contributed by atoms with Gasteiger partial charge in [-0.2, -0.15) is 0 Å². The number of benzene rings is 1. The summed E-state index contributed by atoms with van der Waals surface area (Å²) in [6.07, 6.45) is 0. The van der Waals surface area contributed by atoms with Crippen molar-refractivity contribution < 1.29 is 19.1 Å². The van der Waals surface area contributed by atoms with Crippen molar-refractivity contribution in [3.63, 3.8) is 0 Å². The van der Waals surface area contributed by atoms with Crippen molar-refractivity contribution in [2.75, 3.05) is 25.2 Å². The van der Waals surface area contributed by atoms with E-state index in [-0.39, 0.29) is 27.8 Å². The van der Waals surface area contributed by atoms with Crippen LogP contribution in [0, 0.1) is 0 Å². The second-order valence-electron chi connectivity index (χ2n) is 5.54. The number of carbonyl (C=O) groups excluding carboxylic acids is 2. The predicted molar refractivity (Wildman–Crippen MR) is 98.4 cm³/mol. The molecule has 0 aliphatic heterocycles. The zero-order valence-corrected chi connectivity index (χ0v) is 15.5. The first-order chi connectivity index (χ1) is 12.6. The monoisotopic (exact) mass is 396 g/mol. The Hall–Kier alpha value is -3.27. The van der Waals surface area contributed by atoms with Gasteiger partial charge in [-0.25, -0.2) is 9.59 Å². The molecular formula is C16H17ClN4O6. The van der Waals surface area contributed by atoms with Gasteiger partial charge in [-0.3, -0.25) is 18.7 Å². The molecule has 0 bridgehead atoms. The number of anilines is 2. The van der Waals surface area contributed by atoms with Crippen LogP contribution in [0.5, 0.6) is 5.75 Å². The molecule has 144 valence electrons. The minimum atomic E-state index is -0.915. The highest BCUT2D eigenvalue weighted by atomic mass is 35.5. The molecule has 10 nitrogen and oxygen atoms in total. The number of methoxy groups -OCH3 is 1. The molecule has 2 aromatic rings. The summed E-state index contributed by atoms with van der Waals surface area (Å²) in [5.41, 5.74) is 9.46. The Morgan fingerprint density at radius 3 is 2.37 bits per heavy atom. The maximum atomic E-state index is 12.4. The number of ether oxygens (including phenoxy) is 2. The first kappa shape index (κ1) is 20.0. The van der Waals surface area contributed by atoms with E-state index in [1.807, 2.05) is 0 Å². The van der Waals surface area contributed by atoms with Crippen molar-refractivity contribution in [1.82, 2.24) is 9.13 Å². The third-order valence-corrected chi connectivity index (χ3v) is 4.19. The molecule has 1 aromatic heterocycles. The molecule has 0 saturated heterocycles. The average Bonchev–Trinajstić information content (AvgIpc) is 2.64. The predicted octanol–water partition coefficient (Wildman–Crippen LogP) is -0.0499. The number of rotatable bonds is 5. The van der Waals surface area contributed by atoms with Crippen molar-refractivity contribution in [1.29, 1.82) is 0 Å². The maximum Gasteiger partial charge on any atom is 0.342 e. The molecule has 0 unspecified atom stereocenters. The Balaban J connectivity index is 2.30. The van der Waals surface area contributed by atoms with Gasteiger partial charge in [0.2, 0.25) is 5.78 Å². The summed E-state index contributed by atoms with van der Waals surface area (Å²) in [6.45, 7) is -0.776. The molecule has 0 radical (unpaired) electrons. The lowest BCUT2D eigenvalue weighted by atomic mass is 10.1. The van der Waals surface area contributed by atoms with E-state index in [0.717, 1.165) is 9.13 Å². The summed E-state index contributed by atoms with van der Waals surface area (Å²) in [5, 5.41) is 0.102. The highest BCUT2D eigenvalue weighted by Gasteiger charge is 2.23. The van der Waals surface area contributed by atoms with Gasteiger partial charge in [0.25, 0.3) is 5.56 Å². The zero-order chi connectivity index (χ0) is 20.5. The molecule has 2 rings (SSSR count). The molecule has 0 aliphatic rings. The van der Waals surface area contributed by atoms with Crippen molar-refractivity contribution in [3.05, 3.63) is 49.1 Å². The lowest BCUT2D eigenvalue weighted by Crippen LogP contribution is -2.42. The van der Waals surface area contributed by atoms with Gasteiger partial charge < -0.3 is 20.9 Å². The van der Waals surface area contributed by atoms with Crippen LogP contribution in [0.4, 0.5) is 11.5 Å². The van der Waals surface area contributed by atoms with Crippen LogP contribution < -0.4 is 27.5 Å².